The summed E-state index contributed by atoms with van der Waals surface area (Å²) in [7, 11) is 0. The van der Waals surface area contributed by atoms with E-state index in [1.165, 1.54) is 64.3 Å². The second kappa shape index (κ2) is 14.9. The maximum absolute atomic E-state index is 3.42. The van der Waals surface area contributed by atoms with Crippen molar-refractivity contribution in [2.75, 3.05) is 19.8 Å². The lowest BCUT2D eigenvalue weighted by molar-refractivity contribution is 0.532. The van der Waals surface area contributed by atoms with Crippen molar-refractivity contribution in [3.63, 3.8) is 0 Å². The fourth-order valence-corrected chi connectivity index (χ4v) is 1.83. The van der Waals surface area contributed by atoms with E-state index in [1.807, 2.05) is 0 Å². The van der Waals surface area contributed by atoms with E-state index in [0.29, 0.717) is 0 Å². The van der Waals surface area contributed by atoms with Crippen molar-refractivity contribution in [2.24, 2.45) is 0 Å². The van der Waals surface area contributed by atoms with Crippen LogP contribution in [0.4, 0.5) is 0 Å². The van der Waals surface area contributed by atoms with E-state index in [4.69, 9.17) is 0 Å². The molecule has 0 amide bonds. The third-order valence-corrected chi connectivity index (χ3v) is 2.88. The molecule has 0 aliphatic heterocycles. The molecule has 0 radical (unpaired) electrons. The highest BCUT2D eigenvalue weighted by Crippen LogP contribution is 2.07. The van der Waals surface area contributed by atoms with Crippen LogP contribution in [0, 0.1) is 0 Å². The van der Waals surface area contributed by atoms with E-state index < -0.39 is 0 Å². The number of rotatable bonds is 13. The molecule has 0 rings (SSSR count). The topological polar surface area (TPSA) is 24.1 Å². The minimum absolute atomic E-state index is 0.977. The maximum Gasteiger partial charge on any atom is 0.0454 e. The van der Waals surface area contributed by atoms with Crippen LogP contribution in [0.25, 0.3) is 0 Å². The van der Waals surface area contributed by atoms with Crippen molar-refractivity contribution in [2.45, 2.75) is 71.6 Å². The lowest BCUT2D eigenvalue weighted by atomic mass is 10.1. The van der Waals surface area contributed by atoms with Gasteiger partial charge in [0.25, 0.3) is 0 Å². The molecule has 98 valence electrons. The second-order valence-electron chi connectivity index (χ2n) is 4.65. The highest BCUT2D eigenvalue weighted by molar-refractivity contribution is 4.49. The highest BCUT2D eigenvalue weighted by Gasteiger charge is 1.91. The predicted octanol–water partition coefficient (Wildman–Crippen LogP) is 3.67. The van der Waals surface area contributed by atoms with Crippen LogP contribution in [-0.2, 0) is 0 Å². The van der Waals surface area contributed by atoms with E-state index in [-0.39, 0.29) is 0 Å². The van der Waals surface area contributed by atoms with E-state index in [9.17, 15) is 0 Å². The Kier molecular flexibility index (Phi) is 14.8. The Morgan fingerprint density at radius 1 is 0.562 bits per heavy atom. The molecule has 0 heterocycles. The molecule has 0 bridgehead atoms. The Balaban J connectivity index is 2.83. The van der Waals surface area contributed by atoms with Gasteiger partial charge in [0.1, 0.15) is 0 Å². The van der Waals surface area contributed by atoms with Crippen molar-refractivity contribution >= 4 is 0 Å². The molecule has 2 heteroatoms. The number of hydrogen-bond acceptors (Lipinski definition) is 2. The molecule has 2 nitrogen and oxygen atoms in total. The summed E-state index contributed by atoms with van der Waals surface area (Å²) in [6.45, 7) is 7.75. The molecule has 0 aliphatic rings. The summed E-state index contributed by atoms with van der Waals surface area (Å²) >= 11 is 0. The summed E-state index contributed by atoms with van der Waals surface area (Å²) in [6.07, 6.45) is 12.5. The summed E-state index contributed by atoms with van der Waals surface area (Å²) in [4.78, 5) is 0. The largest absolute Gasteiger partial charge is 0.305 e. The quantitative estimate of drug-likeness (QED) is 0.371. The van der Waals surface area contributed by atoms with Gasteiger partial charge in [-0.05, 0) is 25.9 Å². The zero-order chi connectivity index (χ0) is 11.9. The SMILES string of the molecule is CCCCCCCCCCNCNCCC. The molecule has 0 aromatic rings. The van der Waals surface area contributed by atoms with Gasteiger partial charge in [-0.1, -0.05) is 58.8 Å². The van der Waals surface area contributed by atoms with Gasteiger partial charge in [0, 0.05) is 6.67 Å². The molecule has 0 saturated carbocycles. The summed E-state index contributed by atoms with van der Waals surface area (Å²) in [5.74, 6) is 0. The normalized spacial score (nSPS) is 10.9. The zero-order valence-electron chi connectivity index (χ0n) is 11.5. The first-order valence-electron chi connectivity index (χ1n) is 7.33. The van der Waals surface area contributed by atoms with Gasteiger partial charge in [0.15, 0.2) is 0 Å². The third-order valence-electron chi connectivity index (χ3n) is 2.88. The first-order chi connectivity index (χ1) is 7.91. The van der Waals surface area contributed by atoms with Crippen LogP contribution in [0.3, 0.4) is 0 Å². The smallest absolute Gasteiger partial charge is 0.0454 e. The Bertz CT molecular complexity index is 101. The molecule has 0 aliphatic carbocycles. The summed E-state index contributed by atoms with van der Waals surface area (Å²) < 4.78 is 0. The monoisotopic (exact) mass is 228 g/mol. The van der Waals surface area contributed by atoms with Gasteiger partial charge in [-0.2, -0.15) is 0 Å². The molecule has 0 unspecified atom stereocenters. The van der Waals surface area contributed by atoms with E-state index in [2.05, 4.69) is 24.5 Å². The van der Waals surface area contributed by atoms with E-state index >= 15 is 0 Å². The average molecular weight is 228 g/mol. The van der Waals surface area contributed by atoms with Gasteiger partial charge < -0.3 is 10.6 Å². The predicted molar refractivity (Wildman–Crippen MR) is 73.8 cm³/mol. The number of hydrogen-bond donors (Lipinski definition) is 2. The molecule has 0 saturated heterocycles. The molecule has 0 aromatic heterocycles. The average Bonchev–Trinajstić information content (AvgIpc) is 2.31. The first-order valence-corrected chi connectivity index (χ1v) is 7.33. The van der Waals surface area contributed by atoms with Crippen LogP contribution in [-0.4, -0.2) is 19.8 Å². The molecule has 0 spiro atoms. The van der Waals surface area contributed by atoms with Gasteiger partial charge in [0.2, 0.25) is 0 Å². The minimum atomic E-state index is 0.977. The van der Waals surface area contributed by atoms with Gasteiger partial charge in [-0.3, -0.25) is 0 Å². The minimum Gasteiger partial charge on any atom is -0.305 e. The Labute approximate surface area is 103 Å². The Hall–Kier alpha value is -0.0800. The standard InChI is InChI=1S/C14H32N2/c1-3-5-6-7-8-9-10-11-13-16-14-15-12-4-2/h15-16H,3-14H2,1-2H3. The molecule has 0 aromatic carbocycles. The molecular weight excluding hydrogens is 196 g/mol. The number of nitrogens with one attached hydrogen (secondary N) is 2. The van der Waals surface area contributed by atoms with Crippen LogP contribution < -0.4 is 10.6 Å². The summed E-state index contributed by atoms with van der Waals surface area (Å²) in [5.41, 5.74) is 0. The van der Waals surface area contributed by atoms with Gasteiger partial charge in [-0.15, -0.1) is 0 Å². The van der Waals surface area contributed by atoms with Crippen LogP contribution in [0.15, 0.2) is 0 Å². The zero-order valence-corrected chi connectivity index (χ0v) is 11.5. The Morgan fingerprint density at radius 2 is 1.12 bits per heavy atom. The highest BCUT2D eigenvalue weighted by atomic mass is 15.0. The van der Waals surface area contributed by atoms with Gasteiger partial charge >= 0.3 is 0 Å². The van der Waals surface area contributed by atoms with Crippen LogP contribution >= 0.6 is 0 Å². The maximum atomic E-state index is 3.42. The van der Waals surface area contributed by atoms with Crippen LogP contribution in [0.1, 0.15) is 71.6 Å². The van der Waals surface area contributed by atoms with Crippen LogP contribution in [0.5, 0.6) is 0 Å². The van der Waals surface area contributed by atoms with Crippen molar-refractivity contribution in [3.8, 4) is 0 Å². The fourth-order valence-electron chi connectivity index (χ4n) is 1.83. The lowest BCUT2D eigenvalue weighted by Gasteiger charge is -2.05. The lowest BCUT2D eigenvalue weighted by Crippen LogP contribution is -2.30. The summed E-state index contributed by atoms with van der Waals surface area (Å²) in [5, 5.41) is 6.77. The van der Waals surface area contributed by atoms with Crippen LogP contribution in [0.2, 0.25) is 0 Å². The van der Waals surface area contributed by atoms with Crippen molar-refractivity contribution in [3.05, 3.63) is 0 Å². The molecule has 0 atom stereocenters. The molecule has 16 heavy (non-hydrogen) atoms. The molecule has 0 fully saturated rings. The number of unbranched alkanes of at least 4 members (excludes halogenated alkanes) is 7. The molecular formula is C14H32N2. The second-order valence-corrected chi connectivity index (χ2v) is 4.65. The van der Waals surface area contributed by atoms with Crippen molar-refractivity contribution < 1.29 is 0 Å². The van der Waals surface area contributed by atoms with Gasteiger partial charge in [0.05, 0.1) is 0 Å². The van der Waals surface area contributed by atoms with Gasteiger partial charge in [-0.25, -0.2) is 0 Å². The van der Waals surface area contributed by atoms with Crippen molar-refractivity contribution in [1.82, 2.24) is 10.6 Å². The first kappa shape index (κ1) is 15.9. The Morgan fingerprint density at radius 3 is 1.75 bits per heavy atom. The fraction of sp³-hybridized carbons (Fsp3) is 1.00. The summed E-state index contributed by atoms with van der Waals surface area (Å²) in [6, 6.07) is 0. The van der Waals surface area contributed by atoms with Crippen molar-refractivity contribution in [1.29, 1.82) is 0 Å². The third kappa shape index (κ3) is 13.9. The van der Waals surface area contributed by atoms with E-state index in [1.54, 1.807) is 0 Å². The molecule has 2 N–H and O–H groups in total. The van der Waals surface area contributed by atoms with E-state index in [0.717, 1.165) is 13.2 Å².